The molecule has 0 spiro atoms. The third kappa shape index (κ3) is 6.79. The van der Waals surface area contributed by atoms with Crippen LogP contribution < -0.4 is 10.1 Å². The smallest absolute Gasteiger partial charge is 0.252 e. The minimum atomic E-state index is -3.73. The Kier molecular flexibility index (Phi) is 8.94. The van der Waals surface area contributed by atoms with E-state index in [1.807, 2.05) is 6.92 Å². The summed E-state index contributed by atoms with van der Waals surface area (Å²) in [6, 6.07) is 7.76. The molecule has 4 rings (SSSR count). The lowest BCUT2D eigenvalue weighted by Gasteiger charge is -2.33. The lowest BCUT2D eigenvalue weighted by atomic mass is 10.0. The molecule has 2 amide bonds. The molecule has 1 aliphatic heterocycles. The molecule has 0 aliphatic carbocycles. The number of rotatable bonds is 9. The van der Waals surface area contributed by atoms with Gasteiger partial charge in [-0.05, 0) is 47.0 Å². The van der Waals surface area contributed by atoms with Crippen LogP contribution in [0.2, 0.25) is 0 Å². The van der Waals surface area contributed by atoms with Gasteiger partial charge in [0.1, 0.15) is 28.9 Å². The van der Waals surface area contributed by atoms with Crippen molar-refractivity contribution in [3.8, 4) is 5.75 Å². The Labute approximate surface area is 230 Å². The Morgan fingerprint density at radius 1 is 1.36 bits per heavy atom. The summed E-state index contributed by atoms with van der Waals surface area (Å²) in [7, 11) is -2.22. The maximum Gasteiger partial charge on any atom is 0.252 e. The molecule has 3 heterocycles. The normalized spacial score (nSPS) is 19.0. The Morgan fingerprint density at radius 2 is 2.15 bits per heavy atom. The van der Waals surface area contributed by atoms with Crippen LogP contribution in [0.15, 0.2) is 46.2 Å². The molecular weight excluding hydrogens is 546 g/mol. The Hall–Kier alpha value is -3.40. The quantitative estimate of drug-likeness (QED) is 0.376. The van der Waals surface area contributed by atoms with Gasteiger partial charge in [0.2, 0.25) is 11.8 Å². The van der Waals surface area contributed by atoms with Crippen LogP contribution in [0.3, 0.4) is 0 Å². The maximum absolute atomic E-state index is 13.4. The number of hydrogen-bond acceptors (Lipinski definition) is 10. The molecule has 0 fully saturated rings. The molecule has 0 bridgehead atoms. The van der Waals surface area contributed by atoms with Crippen LogP contribution in [-0.4, -0.2) is 93.6 Å². The minimum Gasteiger partial charge on any atom is -0.488 e. The Balaban J connectivity index is 1.62. The highest BCUT2D eigenvalue weighted by Crippen LogP contribution is 2.30. The zero-order chi connectivity index (χ0) is 28.2. The molecule has 0 unspecified atom stereocenters. The number of nitrogens with zero attached hydrogens (tertiary/aromatic N) is 6. The fraction of sp³-hybridized carbons (Fsp3) is 0.458. The second-order valence-corrected chi connectivity index (χ2v) is 12.7. The summed E-state index contributed by atoms with van der Waals surface area (Å²) in [5.74, 6) is -0.435. The highest BCUT2D eigenvalue weighted by Gasteiger charge is 2.33. The Bertz CT molecular complexity index is 1380. The number of benzene rings is 1. The molecule has 13 nitrogen and oxygen atoms in total. The van der Waals surface area contributed by atoms with Gasteiger partial charge in [0.15, 0.2) is 0 Å². The van der Waals surface area contributed by atoms with E-state index >= 15 is 0 Å². The summed E-state index contributed by atoms with van der Waals surface area (Å²) >= 11 is 1.14. The van der Waals surface area contributed by atoms with Gasteiger partial charge in [-0.3, -0.25) is 9.59 Å². The molecule has 15 heteroatoms. The molecule has 1 aliphatic rings. The van der Waals surface area contributed by atoms with E-state index in [0.717, 1.165) is 11.3 Å². The second kappa shape index (κ2) is 12.2. The number of sulfonamides is 1. The van der Waals surface area contributed by atoms with Gasteiger partial charge in [-0.1, -0.05) is 13.0 Å². The number of hydrogen-bond donors (Lipinski definition) is 2. The van der Waals surface area contributed by atoms with E-state index in [1.54, 1.807) is 47.5 Å². The van der Waals surface area contributed by atoms with Gasteiger partial charge in [-0.2, -0.15) is 4.31 Å². The van der Waals surface area contributed by atoms with Crippen molar-refractivity contribution >= 4 is 38.9 Å². The summed E-state index contributed by atoms with van der Waals surface area (Å²) in [6.45, 7) is 3.63. The standard InChI is InChI=1S/C24H31N7O6S2/c1-16-11-31(17(2)14-32)23(34)10-18-9-19(26-22(33)13-30-15-25-27-28-30)6-7-20(18)37-21(16)12-29(3)39(35,36)24-5-4-8-38-24/h4-9,15-17,21,32H,10-14H2,1-3H3,(H,26,33)/t16-,17+,21+/m1/s1. The monoisotopic (exact) mass is 577 g/mol. The highest BCUT2D eigenvalue weighted by molar-refractivity contribution is 7.91. The van der Waals surface area contributed by atoms with Crippen molar-refractivity contribution in [1.29, 1.82) is 0 Å². The molecule has 39 heavy (non-hydrogen) atoms. The number of tetrazole rings is 1. The molecule has 2 N–H and O–H groups in total. The number of aromatic nitrogens is 4. The highest BCUT2D eigenvalue weighted by atomic mass is 32.2. The van der Waals surface area contributed by atoms with Crippen molar-refractivity contribution in [3.05, 3.63) is 47.6 Å². The summed E-state index contributed by atoms with van der Waals surface area (Å²) in [6.07, 6.45) is 0.686. The number of likely N-dealkylation sites (N-methyl/N-ethyl adjacent to an activating group) is 1. The van der Waals surface area contributed by atoms with E-state index in [9.17, 15) is 23.1 Å². The van der Waals surface area contributed by atoms with Crippen molar-refractivity contribution in [2.75, 3.05) is 32.1 Å². The number of carbonyl (C=O) groups is 2. The second-order valence-electron chi connectivity index (χ2n) is 9.48. The zero-order valence-corrected chi connectivity index (χ0v) is 23.4. The fourth-order valence-electron chi connectivity index (χ4n) is 4.24. The summed E-state index contributed by atoms with van der Waals surface area (Å²) in [5, 5.41) is 25.0. The molecule has 210 valence electrons. The van der Waals surface area contributed by atoms with E-state index in [1.165, 1.54) is 22.4 Å². The number of aliphatic hydroxyl groups excluding tert-OH is 1. The SMILES string of the molecule is C[C@@H]1CN([C@@H](C)CO)C(=O)Cc2cc(NC(=O)Cn3cnnn3)ccc2O[C@H]1CN(C)S(=O)(=O)c1cccs1. The van der Waals surface area contributed by atoms with Crippen LogP contribution in [-0.2, 0) is 32.6 Å². The number of aliphatic hydroxyl groups is 1. The average Bonchev–Trinajstić information content (AvgIpc) is 3.62. The van der Waals surface area contributed by atoms with Crippen LogP contribution in [0, 0.1) is 5.92 Å². The lowest BCUT2D eigenvalue weighted by molar-refractivity contribution is -0.134. The van der Waals surface area contributed by atoms with E-state index in [-0.39, 0.29) is 54.6 Å². The Morgan fingerprint density at radius 3 is 2.82 bits per heavy atom. The molecule has 3 aromatic rings. The fourth-order valence-corrected chi connectivity index (χ4v) is 6.63. The number of ether oxygens (including phenoxy) is 1. The summed E-state index contributed by atoms with van der Waals surface area (Å²) < 4.78 is 35.3. The predicted molar refractivity (Wildman–Crippen MR) is 143 cm³/mol. The first-order chi connectivity index (χ1) is 18.6. The van der Waals surface area contributed by atoms with E-state index < -0.39 is 22.2 Å². The lowest BCUT2D eigenvalue weighted by Crippen LogP contribution is -2.48. The molecule has 0 radical (unpaired) electrons. The molecule has 0 saturated carbocycles. The third-order valence-electron chi connectivity index (χ3n) is 6.49. The predicted octanol–water partition coefficient (Wildman–Crippen LogP) is 0.843. The number of nitrogens with one attached hydrogen (secondary N) is 1. The van der Waals surface area contributed by atoms with E-state index in [4.69, 9.17) is 4.74 Å². The molecule has 0 saturated heterocycles. The number of thiophene rings is 1. The van der Waals surface area contributed by atoms with Crippen molar-refractivity contribution < 1.29 is 27.9 Å². The number of anilines is 1. The van der Waals surface area contributed by atoms with Crippen LogP contribution in [0.25, 0.3) is 0 Å². The van der Waals surface area contributed by atoms with Crippen molar-refractivity contribution in [3.63, 3.8) is 0 Å². The minimum absolute atomic E-state index is 0.0286. The number of carbonyl (C=O) groups excluding carboxylic acids is 2. The van der Waals surface area contributed by atoms with Crippen molar-refractivity contribution in [2.24, 2.45) is 5.92 Å². The van der Waals surface area contributed by atoms with Gasteiger partial charge in [0.05, 0.1) is 25.6 Å². The van der Waals surface area contributed by atoms with Gasteiger partial charge in [0, 0.05) is 30.8 Å². The first-order valence-corrected chi connectivity index (χ1v) is 14.6. The van der Waals surface area contributed by atoms with Crippen LogP contribution in [0.5, 0.6) is 5.75 Å². The zero-order valence-electron chi connectivity index (χ0n) is 21.8. The number of amides is 2. The van der Waals surface area contributed by atoms with Gasteiger partial charge in [0.25, 0.3) is 10.0 Å². The van der Waals surface area contributed by atoms with E-state index in [2.05, 4.69) is 20.8 Å². The molecular formula is C24H31N7O6S2. The number of fused-ring (bicyclic) bond motifs is 1. The van der Waals surface area contributed by atoms with Crippen molar-refractivity contribution in [2.45, 2.75) is 43.2 Å². The summed E-state index contributed by atoms with van der Waals surface area (Å²) in [5.41, 5.74) is 0.976. The average molecular weight is 578 g/mol. The summed E-state index contributed by atoms with van der Waals surface area (Å²) in [4.78, 5) is 27.4. The first kappa shape index (κ1) is 28.6. The molecule has 3 atom stereocenters. The van der Waals surface area contributed by atoms with Crippen LogP contribution in [0.4, 0.5) is 5.69 Å². The molecule has 1 aromatic carbocycles. The first-order valence-electron chi connectivity index (χ1n) is 12.3. The van der Waals surface area contributed by atoms with Gasteiger partial charge in [-0.25, -0.2) is 13.1 Å². The maximum atomic E-state index is 13.4. The van der Waals surface area contributed by atoms with Crippen LogP contribution >= 0.6 is 11.3 Å². The molecule has 2 aromatic heterocycles. The largest absolute Gasteiger partial charge is 0.488 e. The van der Waals surface area contributed by atoms with Gasteiger partial charge < -0.3 is 20.1 Å². The third-order valence-corrected chi connectivity index (χ3v) is 9.69. The van der Waals surface area contributed by atoms with Gasteiger partial charge in [-0.15, -0.1) is 16.4 Å². The topological polar surface area (TPSA) is 160 Å². The van der Waals surface area contributed by atoms with Crippen LogP contribution in [0.1, 0.15) is 19.4 Å². The van der Waals surface area contributed by atoms with Gasteiger partial charge >= 0.3 is 0 Å². The van der Waals surface area contributed by atoms with E-state index in [0.29, 0.717) is 17.0 Å². The van der Waals surface area contributed by atoms with Crippen molar-refractivity contribution in [1.82, 2.24) is 29.4 Å².